The minimum atomic E-state index is -0.468. The van der Waals surface area contributed by atoms with E-state index in [1.54, 1.807) is 0 Å². The van der Waals surface area contributed by atoms with Crippen molar-refractivity contribution in [1.29, 1.82) is 0 Å². The smallest absolute Gasteiger partial charge is 0.289 e. The summed E-state index contributed by atoms with van der Waals surface area (Å²) < 4.78 is 0. The third-order valence-electron chi connectivity index (χ3n) is 2.24. The van der Waals surface area contributed by atoms with Crippen molar-refractivity contribution in [2.75, 3.05) is 0 Å². The molecular weight excluding hydrogens is 208 g/mol. The Bertz CT molecular complexity index is 553. The van der Waals surface area contributed by atoms with E-state index in [0.29, 0.717) is 11.2 Å². The highest BCUT2D eigenvalue weighted by Gasteiger charge is 2.19. The highest BCUT2D eigenvalue weighted by Crippen LogP contribution is 2.23. The fourth-order valence-electron chi connectivity index (χ4n) is 1.34. The number of nitro groups is 1. The Kier molecular flexibility index (Phi) is 2.15. The lowest BCUT2D eigenvalue weighted by atomic mass is 9.96. The Morgan fingerprint density at radius 1 is 1.44 bits per heavy atom. The molecule has 2 rings (SSSR count). The Hall–Kier alpha value is -1.98. The summed E-state index contributed by atoms with van der Waals surface area (Å²) >= 11 is 0. The normalized spacial score (nSPS) is 11.9. The Balaban J connectivity index is 2.59. The van der Waals surface area contributed by atoms with Gasteiger partial charge in [0, 0.05) is 11.5 Å². The monoisotopic (exact) mass is 220 g/mol. The predicted molar refractivity (Wildman–Crippen MR) is 59.2 cm³/mol. The van der Waals surface area contributed by atoms with Crippen molar-refractivity contribution >= 4 is 16.9 Å². The van der Waals surface area contributed by atoms with Crippen LogP contribution in [0.1, 0.15) is 26.6 Å². The standard InChI is InChI=1S/C10H12N4O2/c1-10(2,3)9-12-7-4-6(14(15)16)5-11-8(7)13-9/h4-5H,1-3H3,(H,11,12,13). The Morgan fingerprint density at radius 2 is 2.12 bits per heavy atom. The second-order valence-corrected chi connectivity index (χ2v) is 4.66. The van der Waals surface area contributed by atoms with Crippen LogP contribution in [0.4, 0.5) is 5.69 Å². The van der Waals surface area contributed by atoms with Gasteiger partial charge in [0.1, 0.15) is 12.0 Å². The van der Waals surface area contributed by atoms with Crippen molar-refractivity contribution in [2.45, 2.75) is 26.2 Å². The third kappa shape index (κ3) is 1.73. The Morgan fingerprint density at radius 3 is 2.69 bits per heavy atom. The first-order chi connectivity index (χ1) is 7.38. The lowest BCUT2D eigenvalue weighted by molar-refractivity contribution is -0.385. The fraction of sp³-hybridized carbons (Fsp3) is 0.400. The zero-order valence-corrected chi connectivity index (χ0v) is 9.31. The number of imidazole rings is 1. The van der Waals surface area contributed by atoms with E-state index in [-0.39, 0.29) is 11.1 Å². The van der Waals surface area contributed by atoms with Crippen LogP contribution in [0.2, 0.25) is 0 Å². The highest BCUT2D eigenvalue weighted by atomic mass is 16.6. The number of hydrogen-bond donors (Lipinski definition) is 1. The molecule has 84 valence electrons. The third-order valence-corrected chi connectivity index (χ3v) is 2.24. The average Bonchev–Trinajstić information content (AvgIpc) is 2.58. The highest BCUT2D eigenvalue weighted by molar-refractivity contribution is 5.73. The molecule has 6 nitrogen and oxygen atoms in total. The number of pyridine rings is 1. The molecule has 2 heterocycles. The molecule has 0 radical (unpaired) electrons. The summed E-state index contributed by atoms with van der Waals surface area (Å²) in [6.07, 6.45) is 1.22. The van der Waals surface area contributed by atoms with Crippen LogP contribution in [0.3, 0.4) is 0 Å². The van der Waals surface area contributed by atoms with Gasteiger partial charge in [0.15, 0.2) is 5.65 Å². The molecule has 0 bridgehead atoms. The summed E-state index contributed by atoms with van der Waals surface area (Å²) in [6, 6.07) is 1.45. The van der Waals surface area contributed by atoms with Gasteiger partial charge in [-0.05, 0) is 0 Å². The number of nitrogens with one attached hydrogen (secondary N) is 1. The van der Waals surface area contributed by atoms with Gasteiger partial charge in [-0.2, -0.15) is 0 Å². The van der Waals surface area contributed by atoms with Crippen LogP contribution in [-0.4, -0.2) is 19.9 Å². The van der Waals surface area contributed by atoms with Gasteiger partial charge in [-0.25, -0.2) is 9.97 Å². The zero-order valence-electron chi connectivity index (χ0n) is 9.31. The van der Waals surface area contributed by atoms with Crippen LogP contribution in [0.5, 0.6) is 0 Å². The van der Waals surface area contributed by atoms with Crippen molar-refractivity contribution in [2.24, 2.45) is 0 Å². The largest absolute Gasteiger partial charge is 0.340 e. The molecule has 0 aliphatic heterocycles. The van der Waals surface area contributed by atoms with Crippen LogP contribution in [0.25, 0.3) is 11.2 Å². The van der Waals surface area contributed by atoms with Crippen LogP contribution in [0.15, 0.2) is 12.3 Å². The molecule has 2 aromatic rings. The first kappa shape index (κ1) is 10.5. The van der Waals surface area contributed by atoms with Crippen molar-refractivity contribution in [3.8, 4) is 0 Å². The van der Waals surface area contributed by atoms with E-state index >= 15 is 0 Å². The van der Waals surface area contributed by atoms with Crippen LogP contribution in [-0.2, 0) is 5.41 Å². The zero-order chi connectivity index (χ0) is 11.9. The van der Waals surface area contributed by atoms with Crippen molar-refractivity contribution in [3.63, 3.8) is 0 Å². The van der Waals surface area contributed by atoms with E-state index in [1.807, 2.05) is 20.8 Å². The number of nitrogens with zero attached hydrogens (tertiary/aromatic N) is 3. The van der Waals surface area contributed by atoms with Gasteiger partial charge in [0.05, 0.1) is 10.4 Å². The van der Waals surface area contributed by atoms with Gasteiger partial charge >= 0.3 is 0 Å². The van der Waals surface area contributed by atoms with Crippen molar-refractivity contribution in [1.82, 2.24) is 15.0 Å². The van der Waals surface area contributed by atoms with Crippen LogP contribution in [0, 0.1) is 10.1 Å². The summed E-state index contributed by atoms with van der Waals surface area (Å²) in [5, 5.41) is 10.6. The lowest BCUT2D eigenvalue weighted by Crippen LogP contribution is -2.12. The van der Waals surface area contributed by atoms with Gasteiger partial charge in [0.2, 0.25) is 0 Å². The molecule has 0 amide bonds. The molecule has 0 aliphatic rings. The van der Waals surface area contributed by atoms with E-state index in [1.165, 1.54) is 12.3 Å². The van der Waals surface area contributed by atoms with Crippen molar-refractivity contribution in [3.05, 3.63) is 28.2 Å². The maximum Gasteiger partial charge on any atom is 0.289 e. The summed E-state index contributed by atoms with van der Waals surface area (Å²) in [7, 11) is 0. The molecular formula is C10H12N4O2. The lowest BCUT2D eigenvalue weighted by Gasteiger charge is -2.13. The molecule has 0 saturated carbocycles. The minimum absolute atomic E-state index is 0.0309. The van der Waals surface area contributed by atoms with E-state index < -0.39 is 4.92 Å². The van der Waals surface area contributed by atoms with E-state index in [4.69, 9.17) is 0 Å². The van der Waals surface area contributed by atoms with Gasteiger partial charge < -0.3 is 4.98 Å². The molecule has 0 atom stereocenters. The van der Waals surface area contributed by atoms with Gasteiger partial charge in [-0.15, -0.1) is 0 Å². The number of H-pyrrole nitrogens is 1. The first-order valence-electron chi connectivity index (χ1n) is 4.88. The SMILES string of the molecule is CC(C)(C)c1nc2ncc([N+](=O)[O-])cc2[nH]1. The predicted octanol–water partition coefficient (Wildman–Crippen LogP) is 2.16. The number of aromatic nitrogens is 3. The molecule has 0 aromatic carbocycles. The molecule has 0 saturated heterocycles. The summed E-state index contributed by atoms with van der Waals surface area (Å²) in [4.78, 5) is 21.4. The van der Waals surface area contributed by atoms with Gasteiger partial charge in [0.25, 0.3) is 5.69 Å². The van der Waals surface area contributed by atoms with E-state index in [2.05, 4.69) is 15.0 Å². The maximum atomic E-state index is 10.6. The molecule has 0 spiro atoms. The van der Waals surface area contributed by atoms with Crippen molar-refractivity contribution < 1.29 is 4.92 Å². The molecule has 0 aliphatic carbocycles. The van der Waals surface area contributed by atoms with Gasteiger partial charge in [-0.1, -0.05) is 20.8 Å². The molecule has 6 heteroatoms. The minimum Gasteiger partial charge on any atom is -0.340 e. The second-order valence-electron chi connectivity index (χ2n) is 4.66. The molecule has 0 fully saturated rings. The van der Waals surface area contributed by atoms with Crippen LogP contribution < -0.4 is 0 Å². The number of hydrogen-bond acceptors (Lipinski definition) is 4. The fourth-order valence-corrected chi connectivity index (χ4v) is 1.34. The summed E-state index contributed by atoms with van der Waals surface area (Å²) in [5.41, 5.74) is 0.946. The van der Waals surface area contributed by atoms with E-state index in [9.17, 15) is 10.1 Å². The first-order valence-corrected chi connectivity index (χ1v) is 4.88. The summed E-state index contributed by atoms with van der Waals surface area (Å²) in [6.45, 7) is 6.04. The number of rotatable bonds is 1. The molecule has 2 aromatic heterocycles. The molecule has 0 unspecified atom stereocenters. The summed E-state index contributed by atoms with van der Waals surface area (Å²) in [5.74, 6) is 0.774. The van der Waals surface area contributed by atoms with Gasteiger partial charge in [-0.3, -0.25) is 10.1 Å². The quantitative estimate of drug-likeness (QED) is 0.589. The maximum absolute atomic E-state index is 10.6. The number of fused-ring (bicyclic) bond motifs is 1. The molecule has 1 N–H and O–H groups in total. The Labute approximate surface area is 91.9 Å². The average molecular weight is 220 g/mol. The van der Waals surface area contributed by atoms with Crippen LogP contribution >= 0.6 is 0 Å². The second kappa shape index (κ2) is 3.26. The number of aromatic amines is 1. The molecule has 16 heavy (non-hydrogen) atoms. The topological polar surface area (TPSA) is 84.7 Å². The van der Waals surface area contributed by atoms with E-state index in [0.717, 1.165) is 5.82 Å².